The van der Waals surface area contributed by atoms with E-state index in [0.29, 0.717) is 0 Å². The summed E-state index contributed by atoms with van der Waals surface area (Å²) in [6.45, 7) is 0. The van der Waals surface area contributed by atoms with E-state index in [2.05, 4.69) is 168 Å². The third-order valence-electron chi connectivity index (χ3n) is 10.5. The Hall–Kier alpha value is -6.18. The van der Waals surface area contributed by atoms with Crippen molar-refractivity contribution in [2.75, 3.05) is 0 Å². The normalized spacial score (nSPS) is 12.3. The Morgan fingerprint density at radius 2 is 0.957 bits per heavy atom. The first-order valence-corrected chi connectivity index (χ1v) is 16.4. The van der Waals surface area contributed by atoms with Crippen LogP contribution in [0.4, 0.5) is 0 Å². The van der Waals surface area contributed by atoms with E-state index < -0.39 is 0 Å². The summed E-state index contributed by atoms with van der Waals surface area (Å²) in [5.74, 6) is 0. The molecule has 0 aliphatic heterocycles. The Morgan fingerprint density at radius 1 is 0.319 bits per heavy atom. The maximum absolute atomic E-state index is 2.50. The Labute approximate surface area is 271 Å². The number of hydrogen-bond donors (Lipinski definition) is 0. The predicted molar refractivity (Wildman–Crippen MR) is 201 cm³/mol. The van der Waals surface area contributed by atoms with E-state index in [1.54, 1.807) is 0 Å². The first kappa shape index (κ1) is 25.1. The van der Waals surface area contributed by atoms with Gasteiger partial charge < -0.3 is 4.57 Å². The average molecular weight is 594 g/mol. The summed E-state index contributed by atoms with van der Waals surface area (Å²) in [5.41, 5.74) is 11.5. The fourth-order valence-corrected chi connectivity index (χ4v) is 8.59. The summed E-state index contributed by atoms with van der Waals surface area (Å²) >= 11 is 0. The van der Waals surface area contributed by atoms with Crippen LogP contribution in [0.1, 0.15) is 0 Å². The molecule has 0 saturated carbocycles. The third kappa shape index (κ3) is 3.28. The number of aromatic nitrogens is 1. The van der Waals surface area contributed by atoms with Crippen LogP contribution in [0, 0.1) is 0 Å². The van der Waals surface area contributed by atoms with Crippen molar-refractivity contribution >= 4 is 64.9 Å². The Balaban J connectivity index is 1.23. The van der Waals surface area contributed by atoms with Gasteiger partial charge in [-0.1, -0.05) is 146 Å². The fraction of sp³-hybridized carbons (Fsp3) is 0. The highest BCUT2D eigenvalue weighted by Gasteiger charge is 2.23. The van der Waals surface area contributed by atoms with Crippen molar-refractivity contribution in [2.45, 2.75) is 0 Å². The topological polar surface area (TPSA) is 4.93 Å². The summed E-state index contributed by atoms with van der Waals surface area (Å²) in [5, 5.41) is 13.0. The molecule has 0 saturated heterocycles. The molecule has 0 amide bonds. The van der Waals surface area contributed by atoms with E-state index in [-0.39, 0.29) is 0 Å². The average Bonchev–Trinajstić information content (AvgIpc) is 3.66. The first-order valence-electron chi connectivity index (χ1n) is 16.4. The largest absolute Gasteiger partial charge is 0.309 e. The predicted octanol–water partition coefficient (Wildman–Crippen LogP) is 12.7. The minimum Gasteiger partial charge on any atom is -0.309 e. The summed E-state index contributed by atoms with van der Waals surface area (Å²) in [6, 6.07) is 60.7. The lowest BCUT2D eigenvalue weighted by molar-refractivity contribution is 1.19. The van der Waals surface area contributed by atoms with Gasteiger partial charge in [-0.25, -0.2) is 0 Å². The van der Waals surface area contributed by atoms with Crippen molar-refractivity contribution in [3.63, 3.8) is 0 Å². The molecular weight excluding hydrogens is 567 g/mol. The summed E-state index contributed by atoms with van der Waals surface area (Å²) in [7, 11) is 0. The zero-order valence-electron chi connectivity index (χ0n) is 25.5. The van der Waals surface area contributed by atoms with Crippen molar-refractivity contribution < 1.29 is 0 Å². The van der Waals surface area contributed by atoms with E-state index in [4.69, 9.17) is 0 Å². The van der Waals surface area contributed by atoms with Gasteiger partial charge in [-0.15, -0.1) is 0 Å². The van der Waals surface area contributed by atoms with E-state index in [9.17, 15) is 0 Å². The molecule has 1 aliphatic carbocycles. The maximum Gasteiger partial charge on any atom is 0.0625 e. The van der Waals surface area contributed by atoms with Gasteiger partial charge in [0.05, 0.1) is 11.0 Å². The molecule has 1 aliphatic rings. The first-order chi connectivity index (χ1) is 23.3. The lowest BCUT2D eigenvalue weighted by Gasteiger charge is -2.15. The molecule has 1 heteroatoms. The van der Waals surface area contributed by atoms with E-state index in [1.807, 2.05) is 0 Å². The number of benzene rings is 9. The van der Waals surface area contributed by atoms with Gasteiger partial charge in [-0.3, -0.25) is 0 Å². The quantitative estimate of drug-likeness (QED) is 0.176. The van der Waals surface area contributed by atoms with Gasteiger partial charge in [0.15, 0.2) is 0 Å². The van der Waals surface area contributed by atoms with Gasteiger partial charge in [0.1, 0.15) is 0 Å². The molecular formula is C46H27N. The third-order valence-corrected chi connectivity index (χ3v) is 10.5. The molecule has 0 radical (unpaired) electrons. The maximum atomic E-state index is 2.50. The standard InChI is InChI=1S/C46H27N/c1-2-14-32-28(11-1)23-24-41-43(32)37-17-5-6-18-39(37)46-45(41)40-19-7-8-22-42(40)47(46)30-13-9-12-29(27-30)31-25-26-38-34-16-4-3-15-33(34)36-21-10-20-35(31)44(36)38/h1-27H. The van der Waals surface area contributed by atoms with Crippen LogP contribution in [0.2, 0.25) is 0 Å². The highest BCUT2D eigenvalue weighted by atomic mass is 15.0. The van der Waals surface area contributed by atoms with E-state index in [1.165, 1.54) is 104 Å². The molecule has 10 aromatic rings. The van der Waals surface area contributed by atoms with Gasteiger partial charge in [0.25, 0.3) is 0 Å². The van der Waals surface area contributed by atoms with Crippen molar-refractivity contribution in [1.29, 1.82) is 0 Å². The summed E-state index contributed by atoms with van der Waals surface area (Å²) in [4.78, 5) is 0. The smallest absolute Gasteiger partial charge is 0.0625 e. The Kier molecular flexibility index (Phi) is 4.90. The highest BCUT2D eigenvalue weighted by Crippen LogP contribution is 2.50. The van der Waals surface area contributed by atoms with Crippen molar-refractivity contribution in [3.05, 3.63) is 164 Å². The Bertz CT molecular complexity index is 2930. The zero-order chi connectivity index (χ0) is 30.6. The van der Waals surface area contributed by atoms with Crippen LogP contribution < -0.4 is 0 Å². The van der Waals surface area contributed by atoms with Crippen LogP contribution in [-0.2, 0) is 0 Å². The van der Waals surface area contributed by atoms with Gasteiger partial charge in [0.2, 0.25) is 0 Å². The molecule has 1 aromatic heterocycles. The molecule has 9 aromatic carbocycles. The van der Waals surface area contributed by atoms with Crippen LogP contribution in [0.25, 0.3) is 104 Å². The lowest BCUT2D eigenvalue weighted by atomic mass is 9.93. The minimum absolute atomic E-state index is 1.17. The number of hydrogen-bond acceptors (Lipinski definition) is 0. The molecule has 1 heterocycles. The van der Waals surface area contributed by atoms with Gasteiger partial charge in [0, 0.05) is 21.8 Å². The molecule has 11 rings (SSSR count). The van der Waals surface area contributed by atoms with Crippen LogP contribution in [0.15, 0.2) is 164 Å². The second kappa shape index (κ2) is 9.19. The Morgan fingerprint density at radius 3 is 1.83 bits per heavy atom. The monoisotopic (exact) mass is 593 g/mol. The van der Waals surface area contributed by atoms with Gasteiger partial charge in [-0.05, 0) is 89.3 Å². The molecule has 0 spiro atoms. The van der Waals surface area contributed by atoms with Gasteiger partial charge >= 0.3 is 0 Å². The van der Waals surface area contributed by atoms with Crippen LogP contribution >= 0.6 is 0 Å². The van der Waals surface area contributed by atoms with Crippen LogP contribution in [-0.4, -0.2) is 4.57 Å². The summed E-state index contributed by atoms with van der Waals surface area (Å²) < 4.78 is 2.50. The molecule has 0 atom stereocenters. The minimum atomic E-state index is 1.17. The molecule has 0 N–H and O–H groups in total. The van der Waals surface area contributed by atoms with E-state index in [0.717, 1.165) is 0 Å². The molecule has 216 valence electrons. The number of fused-ring (bicyclic) bond motifs is 13. The number of nitrogens with zero attached hydrogens (tertiary/aromatic N) is 1. The lowest BCUT2D eigenvalue weighted by Crippen LogP contribution is -1.96. The summed E-state index contributed by atoms with van der Waals surface area (Å²) in [6.07, 6.45) is 0. The second-order valence-corrected chi connectivity index (χ2v) is 12.8. The highest BCUT2D eigenvalue weighted by molar-refractivity contribution is 6.36. The SMILES string of the molecule is c1cc(-c2ccc3c4c(cccc24)-c2ccccc2-3)cc(-n2c3ccccc3c3c4ccc5ccccc5c4c4ccccc4c32)c1. The molecule has 0 unspecified atom stereocenters. The number of rotatable bonds is 2. The number of para-hydroxylation sites is 1. The van der Waals surface area contributed by atoms with Crippen molar-refractivity contribution in [1.82, 2.24) is 4.57 Å². The van der Waals surface area contributed by atoms with E-state index >= 15 is 0 Å². The van der Waals surface area contributed by atoms with Crippen molar-refractivity contribution in [3.8, 4) is 39.1 Å². The zero-order valence-corrected chi connectivity index (χ0v) is 25.5. The fourth-order valence-electron chi connectivity index (χ4n) is 8.59. The molecule has 0 bridgehead atoms. The van der Waals surface area contributed by atoms with Crippen LogP contribution in [0.5, 0.6) is 0 Å². The molecule has 0 fully saturated rings. The van der Waals surface area contributed by atoms with Crippen LogP contribution in [0.3, 0.4) is 0 Å². The second-order valence-electron chi connectivity index (χ2n) is 12.8. The molecule has 47 heavy (non-hydrogen) atoms. The van der Waals surface area contributed by atoms with Crippen molar-refractivity contribution in [2.24, 2.45) is 0 Å². The molecule has 1 nitrogen and oxygen atoms in total. The van der Waals surface area contributed by atoms with Gasteiger partial charge in [-0.2, -0.15) is 0 Å².